The average Bonchev–Trinajstić information content (AvgIpc) is 2.67. The number of likely N-dealkylation sites (tertiary alicyclic amines) is 2. The molecule has 0 spiro atoms. The second-order valence-electron chi connectivity index (χ2n) is 7.66. The Morgan fingerprint density at radius 3 is 2.46 bits per heavy atom. The molecule has 2 aliphatic heterocycles. The topological polar surface area (TPSA) is 49.3 Å². The number of piperidine rings is 2. The summed E-state index contributed by atoms with van der Waals surface area (Å²) in [5.74, 6) is 1.97. The van der Waals surface area contributed by atoms with Gasteiger partial charge in [0.05, 0.1) is 12.6 Å². The lowest BCUT2D eigenvalue weighted by Crippen LogP contribution is -2.47. The quantitative estimate of drug-likeness (QED) is 0.384. The van der Waals surface area contributed by atoms with E-state index in [0.29, 0.717) is 6.10 Å². The van der Waals surface area contributed by atoms with Crippen molar-refractivity contribution in [1.29, 1.82) is 0 Å². The third-order valence-corrected chi connectivity index (χ3v) is 5.48. The molecule has 0 aromatic heterocycles. The summed E-state index contributed by atoms with van der Waals surface area (Å²) in [5.41, 5.74) is 0. The molecule has 0 unspecified atom stereocenters. The van der Waals surface area contributed by atoms with Gasteiger partial charge in [-0.05, 0) is 58.0 Å². The highest BCUT2D eigenvalue weighted by atomic mass is 16.5. The summed E-state index contributed by atoms with van der Waals surface area (Å²) in [5, 5.41) is 3.47. The van der Waals surface area contributed by atoms with E-state index in [1.807, 2.05) is 0 Å². The number of methoxy groups -OCH3 is 1. The normalized spacial score (nSPS) is 21.3. The van der Waals surface area contributed by atoms with E-state index in [1.165, 1.54) is 25.9 Å². The summed E-state index contributed by atoms with van der Waals surface area (Å²) < 4.78 is 11.0. The molecule has 152 valence electrons. The van der Waals surface area contributed by atoms with Crippen LogP contribution in [0.25, 0.3) is 0 Å². The molecule has 2 saturated heterocycles. The summed E-state index contributed by atoms with van der Waals surface area (Å²) in [7, 11) is 1.74. The van der Waals surface area contributed by atoms with Crippen molar-refractivity contribution < 1.29 is 9.47 Å². The number of nitrogens with zero attached hydrogens (tertiary/aromatic N) is 3. The lowest BCUT2D eigenvalue weighted by Gasteiger charge is -2.34. The highest BCUT2D eigenvalue weighted by molar-refractivity contribution is 5.80. The number of nitrogens with one attached hydrogen (secondary N) is 1. The molecule has 6 heteroatoms. The highest BCUT2D eigenvalue weighted by Crippen LogP contribution is 2.16. The predicted molar refractivity (Wildman–Crippen MR) is 108 cm³/mol. The molecule has 26 heavy (non-hydrogen) atoms. The summed E-state index contributed by atoms with van der Waals surface area (Å²) in [6, 6.07) is 0. The van der Waals surface area contributed by atoms with Gasteiger partial charge in [0, 0.05) is 46.5 Å². The Morgan fingerprint density at radius 1 is 1.08 bits per heavy atom. The van der Waals surface area contributed by atoms with E-state index in [1.54, 1.807) is 7.11 Å². The summed E-state index contributed by atoms with van der Waals surface area (Å²) >= 11 is 0. The van der Waals surface area contributed by atoms with Gasteiger partial charge in [-0.3, -0.25) is 4.99 Å². The molecular weight excluding hydrogens is 328 g/mol. The standard InChI is InChI=1S/C20H40N4O2/c1-4-21-20(22-10-15-23-11-6-18(2)7-12-23)24-13-8-19(9-14-24)26-17-5-16-25-3/h18-19H,4-17H2,1-3H3,(H,21,22). The van der Waals surface area contributed by atoms with Crippen LogP contribution >= 0.6 is 0 Å². The van der Waals surface area contributed by atoms with Crippen molar-refractivity contribution in [3.63, 3.8) is 0 Å². The van der Waals surface area contributed by atoms with E-state index in [2.05, 4.69) is 29.0 Å². The molecular formula is C20H40N4O2. The van der Waals surface area contributed by atoms with Crippen LogP contribution in [0.1, 0.15) is 46.0 Å². The van der Waals surface area contributed by atoms with Crippen molar-refractivity contribution >= 4 is 5.96 Å². The lowest BCUT2D eigenvalue weighted by atomic mass is 9.99. The van der Waals surface area contributed by atoms with Crippen LogP contribution in [0.15, 0.2) is 4.99 Å². The summed E-state index contributed by atoms with van der Waals surface area (Å²) in [4.78, 5) is 9.86. The Kier molecular flexibility index (Phi) is 10.3. The number of guanidine groups is 1. The third kappa shape index (κ3) is 7.80. The van der Waals surface area contributed by atoms with E-state index in [-0.39, 0.29) is 0 Å². The lowest BCUT2D eigenvalue weighted by molar-refractivity contribution is 0.00990. The zero-order valence-corrected chi connectivity index (χ0v) is 17.2. The van der Waals surface area contributed by atoms with Crippen molar-refractivity contribution in [1.82, 2.24) is 15.1 Å². The molecule has 2 aliphatic rings. The van der Waals surface area contributed by atoms with Gasteiger partial charge in [0.1, 0.15) is 0 Å². The number of ether oxygens (including phenoxy) is 2. The van der Waals surface area contributed by atoms with Gasteiger partial charge in [-0.25, -0.2) is 0 Å². The fourth-order valence-corrected chi connectivity index (χ4v) is 3.70. The van der Waals surface area contributed by atoms with Gasteiger partial charge < -0.3 is 24.6 Å². The molecule has 2 heterocycles. The van der Waals surface area contributed by atoms with Crippen LogP contribution in [-0.4, -0.2) is 88.0 Å². The van der Waals surface area contributed by atoms with Crippen molar-refractivity contribution in [3.8, 4) is 0 Å². The van der Waals surface area contributed by atoms with Crippen molar-refractivity contribution in [3.05, 3.63) is 0 Å². The minimum Gasteiger partial charge on any atom is -0.385 e. The molecule has 0 radical (unpaired) electrons. The highest BCUT2D eigenvalue weighted by Gasteiger charge is 2.22. The first-order valence-electron chi connectivity index (χ1n) is 10.6. The Morgan fingerprint density at radius 2 is 1.81 bits per heavy atom. The van der Waals surface area contributed by atoms with E-state index in [4.69, 9.17) is 14.5 Å². The smallest absolute Gasteiger partial charge is 0.193 e. The Hall–Kier alpha value is -0.850. The zero-order chi connectivity index (χ0) is 18.6. The molecule has 0 saturated carbocycles. The van der Waals surface area contributed by atoms with Gasteiger partial charge in [0.25, 0.3) is 0 Å². The van der Waals surface area contributed by atoms with Crippen LogP contribution in [0.5, 0.6) is 0 Å². The molecule has 0 amide bonds. The van der Waals surface area contributed by atoms with E-state index >= 15 is 0 Å². The largest absolute Gasteiger partial charge is 0.385 e. The van der Waals surface area contributed by atoms with Crippen LogP contribution in [0.3, 0.4) is 0 Å². The fraction of sp³-hybridized carbons (Fsp3) is 0.950. The Labute approximate surface area is 160 Å². The van der Waals surface area contributed by atoms with Gasteiger partial charge in [0.2, 0.25) is 0 Å². The SMILES string of the molecule is CCNC(=NCCN1CCC(C)CC1)N1CCC(OCCCOC)CC1. The molecule has 0 aromatic rings. The number of aliphatic imine (C=N–C) groups is 1. The molecule has 2 fully saturated rings. The van der Waals surface area contributed by atoms with Gasteiger partial charge in [-0.15, -0.1) is 0 Å². The van der Waals surface area contributed by atoms with Gasteiger partial charge in [-0.2, -0.15) is 0 Å². The van der Waals surface area contributed by atoms with E-state index < -0.39 is 0 Å². The minimum atomic E-state index is 0.390. The third-order valence-electron chi connectivity index (χ3n) is 5.48. The molecule has 2 rings (SSSR count). The van der Waals surface area contributed by atoms with Gasteiger partial charge in [0.15, 0.2) is 5.96 Å². The number of hydrogen-bond donors (Lipinski definition) is 1. The van der Waals surface area contributed by atoms with Crippen molar-refractivity contribution in [2.45, 2.75) is 52.1 Å². The molecule has 0 aliphatic carbocycles. The second kappa shape index (κ2) is 12.5. The second-order valence-corrected chi connectivity index (χ2v) is 7.66. The Bertz CT molecular complexity index is 389. The first-order chi connectivity index (χ1) is 12.7. The van der Waals surface area contributed by atoms with Crippen LogP contribution in [0, 0.1) is 5.92 Å². The van der Waals surface area contributed by atoms with Gasteiger partial charge in [-0.1, -0.05) is 6.92 Å². The van der Waals surface area contributed by atoms with Crippen molar-refractivity contribution in [2.75, 3.05) is 66.1 Å². The fourth-order valence-electron chi connectivity index (χ4n) is 3.70. The molecule has 0 atom stereocenters. The molecule has 1 N–H and O–H groups in total. The first kappa shape index (κ1) is 21.5. The maximum Gasteiger partial charge on any atom is 0.193 e. The average molecular weight is 369 g/mol. The maximum absolute atomic E-state index is 5.97. The summed E-state index contributed by atoms with van der Waals surface area (Å²) in [6.45, 7) is 13.5. The first-order valence-corrected chi connectivity index (χ1v) is 10.6. The van der Waals surface area contributed by atoms with E-state index in [0.717, 1.165) is 77.1 Å². The van der Waals surface area contributed by atoms with E-state index in [9.17, 15) is 0 Å². The predicted octanol–water partition coefficient (Wildman–Crippen LogP) is 2.20. The molecule has 6 nitrogen and oxygen atoms in total. The molecule has 0 aromatic carbocycles. The monoisotopic (exact) mass is 368 g/mol. The minimum absolute atomic E-state index is 0.390. The number of rotatable bonds is 9. The van der Waals surface area contributed by atoms with Gasteiger partial charge >= 0.3 is 0 Å². The number of hydrogen-bond acceptors (Lipinski definition) is 4. The maximum atomic E-state index is 5.97. The van der Waals surface area contributed by atoms with Crippen LogP contribution in [0.4, 0.5) is 0 Å². The van der Waals surface area contributed by atoms with Crippen LogP contribution < -0.4 is 5.32 Å². The van der Waals surface area contributed by atoms with Crippen molar-refractivity contribution in [2.24, 2.45) is 10.9 Å². The Balaban J connectivity index is 1.69. The van der Waals surface area contributed by atoms with Crippen LogP contribution in [-0.2, 0) is 9.47 Å². The zero-order valence-electron chi connectivity index (χ0n) is 17.2. The summed E-state index contributed by atoms with van der Waals surface area (Å²) in [6.07, 6.45) is 6.21. The molecule has 0 bridgehead atoms. The van der Waals surface area contributed by atoms with Crippen LogP contribution in [0.2, 0.25) is 0 Å².